The fourth-order valence-corrected chi connectivity index (χ4v) is 2.45. The molecular formula is C12H14N4OS. The second kappa shape index (κ2) is 5.70. The van der Waals surface area contributed by atoms with Crippen molar-refractivity contribution in [3.8, 4) is 5.75 Å². The van der Waals surface area contributed by atoms with Gasteiger partial charge in [0, 0.05) is 5.56 Å². The predicted molar refractivity (Wildman–Crippen MR) is 71.7 cm³/mol. The molecule has 6 heteroatoms. The predicted octanol–water partition coefficient (Wildman–Crippen LogP) is 2.23. The third kappa shape index (κ3) is 2.55. The molecular weight excluding hydrogens is 248 g/mol. The number of ether oxygens (including phenoxy) is 1. The molecule has 18 heavy (non-hydrogen) atoms. The molecule has 0 aliphatic heterocycles. The van der Waals surface area contributed by atoms with Gasteiger partial charge in [-0.2, -0.15) is 0 Å². The number of nitrogens with zero attached hydrogens (tertiary/aromatic N) is 2. The molecule has 0 saturated carbocycles. The van der Waals surface area contributed by atoms with Crippen molar-refractivity contribution in [2.45, 2.75) is 16.8 Å². The summed E-state index contributed by atoms with van der Waals surface area (Å²) in [5, 5.41) is 0.849. The van der Waals surface area contributed by atoms with Gasteiger partial charge in [0.1, 0.15) is 22.9 Å². The number of hydrogen-bond acceptors (Lipinski definition) is 6. The average Bonchev–Trinajstić information content (AvgIpc) is 2.42. The number of aromatic nitrogens is 2. The number of rotatable bonds is 4. The Morgan fingerprint density at radius 1 is 1.28 bits per heavy atom. The Morgan fingerprint density at radius 2 is 2.06 bits per heavy atom. The molecule has 3 N–H and O–H groups in total. The van der Waals surface area contributed by atoms with Gasteiger partial charge in [0.25, 0.3) is 0 Å². The lowest BCUT2D eigenvalue weighted by Crippen LogP contribution is -2.10. The highest BCUT2D eigenvalue weighted by Gasteiger charge is 2.10. The van der Waals surface area contributed by atoms with Crippen molar-refractivity contribution in [1.29, 1.82) is 0 Å². The summed E-state index contributed by atoms with van der Waals surface area (Å²) in [5.41, 5.74) is 3.47. The summed E-state index contributed by atoms with van der Waals surface area (Å²) in [6, 6.07) is 7.80. The Labute approximate surface area is 110 Å². The quantitative estimate of drug-likeness (QED) is 0.500. The van der Waals surface area contributed by atoms with E-state index in [9.17, 15) is 0 Å². The largest absolute Gasteiger partial charge is 0.496 e. The summed E-state index contributed by atoms with van der Waals surface area (Å²) < 4.78 is 5.31. The van der Waals surface area contributed by atoms with Crippen LogP contribution in [0.1, 0.15) is 5.56 Å². The Balaban J connectivity index is 2.34. The minimum absolute atomic E-state index is 0.627. The number of benzene rings is 1. The molecule has 2 rings (SSSR count). The van der Waals surface area contributed by atoms with Crippen LogP contribution in [0.5, 0.6) is 5.75 Å². The number of para-hydroxylation sites is 1. The highest BCUT2D eigenvalue weighted by molar-refractivity contribution is 7.99. The third-order valence-electron chi connectivity index (χ3n) is 2.45. The van der Waals surface area contributed by atoms with Crippen LogP contribution >= 0.6 is 11.8 Å². The lowest BCUT2D eigenvalue weighted by Gasteiger charge is -2.10. The molecule has 0 radical (unpaired) electrons. The van der Waals surface area contributed by atoms with Crippen LogP contribution in [-0.4, -0.2) is 17.1 Å². The van der Waals surface area contributed by atoms with E-state index in [0.29, 0.717) is 5.82 Å². The van der Waals surface area contributed by atoms with Crippen LogP contribution in [0, 0.1) is 6.92 Å². The van der Waals surface area contributed by atoms with Gasteiger partial charge in [0.2, 0.25) is 0 Å². The Morgan fingerprint density at radius 3 is 2.78 bits per heavy atom. The van der Waals surface area contributed by atoms with Crippen LogP contribution in [0.4, 0.5) is 5.82 Å². The molecule has 2 aromatic rings. The highest BCUT2D eigenvalue weighted by atomic mass is 32.2. The number of anilines is 1. The number of methoxy groups -OCH3 is 1. The molecule has 94 valence electrons. The van der Waals surface area contributed by atoms with E-state index in [1.54, 1.807) is 7.11 Å². The van der Waals surface area contributed by atoms with Crippen molar-refractivity contribution in [3.05, 3.63) is 36.2 Å². The Hall–Kier alpha value is -1.79. The molecule has 0 aliphatic rings. The molecule has 0 fully saturated rings. The van der Waals surface area contributed by atoms with Gasteiger partial charge in [-0.15, -0.1) is 0 Å². The first kappa shape index (κ1) is 12.7. The zero-order valence-electron chi connectivity index (χ0n) is 10.2. The van der Waals surface area contributed by atoms with Crippen LogP contribution in [-0.2, 0) is 0 Å². The highest BCUT2D eigenvalue weighted by Crippen LogP contribution is 2.35. The fraction of sp³-hybridized carbons (Fsp3) is 0.167. The molecule has 0 amide bonds. The van der Waals surface area contributed by atoms with Crippen molar-refractivity contribution in [1.82, 2.24) is 9.97 Å². The molecule has 0 unspecified atom stereocenters. The summed E-state index contributed by atoms with van der Waals surface area (Å²) in [5.74, 6) is 6.84. The van der Waals surface area contributed by atoms with Crippen LogP contribution in [0.3, 0.4) is 0 Å². The van der Waals surface area contributed by atoms with E-state index in [2.05, 4.69) is 15.4 Å². The van der Waals surface area contributed by atoms with Gasteiger partial charge < -0.3 is 10.2 Å². The molecule has 1 aromatic carbocycles. The van der Waals surface area contributed by atoms with E-state index in [0.717, 1.165) is 21.2 Å². The second-order valence-corrected chi connectivity index (χ2v) is 4.58. The number of nitrogens with two attached hydrogens (primary N) is 1. The van der Waals surface area contributed by atoms with E-state index in [1.165, 1.54) is 18.1 Å². The van der Waals surface area contributed by atoms with E-state index < -0.39 is 0 Å². The van der Waals surface area contributed by atoms with Gasteiger partial charge in [-0.3, -0.25) is 0 Å². The summed E-state index contributed by atoms with van der Waals surface area (Å²) in [7, 11) is 1.65. The number of hydrogen-bond donors (Lipinski definition) is 2. The minimum Gasteiger partial charge on any atom is -0.496 e. The number of nitrogen functional groups attached to an aromatic ring is 1. The first-order chi connectivity index (χ1) is 8.76. The summed E-state index contributed by atoms with van der Waals surface area (Å²) in [4.78, 5) is 9.31. The maximum atomic E-state index is 5.39. The second-order valence-electron chi connectivity index (χ2n) is 3.55. The van der Waals surface area contributed by atoms with E-state index >= 15 is 0 Å². The normalized spacial score (nSPS) is 10.2. The lowest BCUT2D eigenvalue weighted by atomic mass is 10.3. The van der Waals surface area contributed by atoms with Gasteiger partial charge in [0.05, 0.1) is 12.0 Å². The topological polar surface area (TPSA) is 73.1 Å². The van der Waals surface area contributed by atoms with Gasteiger partial charge in [-0.1, -0.05) is 23.9 Å². The summed E-state index contributed by atoms with van der Waals surface area (Å²) in [6.07, 6.45) is 1.49. The van der Waals surface area contributed by atoms with Gasteiger partial charge in [-0.05, 0) is 19.1 Å². The van der Waals surface area contributed by atoms with E-state index in [-0.39, 0.29) is 0 Å². The fourth-order valence-electron chi connectivity index (χ4n) is 1.49. The maximum absolute atomic E-state index is 5.39. The van der Waals surface area contributed by atoms with Crippen molar-refractivity contribution >= 4 is 17.6 Å². The summed E-state index contributed by atoms with van der Waals surface area (Å²) >= 11 is 1.52. The SMILES string of the molecule is COc1ccccc1Sc1ncnc(NN)c1C. The van der Waals surface area contributed by atoms with Gasteiger partial charge in [0.15, 0.2) is 0 Å². The monoisotopic (exact) mass is 262 g/mol. The standard InChI is InChI=1S/C12H14N4OS/c1-8-11(16-13)14-7-15-12(8)18-10-6-4-3-5-9(10)17-2/h3-7H,13H2,1-2H3,(H,14,15,16). The maximum Gasteiger partial charge on any atom is 0.147 e. The summed E-state index contributed by atoms with van der Waals surface area (Å²) in [6.45, 7) is 1.92. The zero-order chi connectivity index (χ0) is 13.0. The molecule has 0 spiro atoms. The van der Waals surface area contributed by atoms with Crippen molar-refractivity contribution in [2.24, 2.45) is 5.84 Å². The third-order valence-corrected chi connectivity index (χ3v) is 3.61. The molecule has 0 aliphatic carbocycles. The molecule has 5 nitrogen and oxygen atoms in total. The van der Waals surface area contributed by atoms with Crippen LogP contribution in [0.15, 0.2) is 40.5 Å². The first-order valence-corrected chi connectivity index (χ1v) is 6.17. The molecule has 0 saturated heterocycles. The molecule has 1 heterocycles. The number of hydrazine groups is 1. The average molecular weight is 262 g/mol. The molecule has 1 aromatic heterocycles. The lowest BCUT2D eigenvalue weighted by molar-refractivity contribution is 0.405. The van der Waals surface area contributed by atoms with Crippen LogP contribution in [0.25, 0.3) is 0 Å². The first-order valence-electron chi connectivity index (χ1n) is 5.35. The van der Waals surface area contributed by atoms with Crippen molar-refractivity contribution in [2.75, 3.05) is 12.5 Å². The van der Waals surface area contributed by atoms with Crippen LogP contribution < -0.4 is 16.0 Å². The van der Waals surface area contributed by atoms with E-state index in [4.69, 9.17) is 10.6 Å². The minimum atomic E-state index is 0.627. The van der Waals surface area contributed by atoms with Crippen molar-refractivity contribution < 1.29 is 4.74 Å². The Bertz CT molecular complexity index is 547. The zero-order valence-corrected chi connectivity index (χ0v) is 11.0. The van der Waals surface area contributed by atoms with Crippen LogP contribution in [0.2, 0.25) is 0 Å². The Kier molecular flexibility index (Phi) is 4.01. The molecule has 0 bridgehead atoms. The van der Waals surface area contributed by atoms with Gasteiger partial charge >= 0.3 is 0 Å². The van der Waals surface area contributed by atoms with Crippen molar-refractivity contribution in [3.63, 3.8) is 0 Å². The number of nitrogens with one attached hydrogen (secondary N) is 1. The molecule has 0 atom stereocenters. The smallest absolute Gasteiger partial charge is 0.147 e. The van der Waals surface area contributed by atoms with E-state index in [1.807, 2.05) is 31.2 Å². The van der Waals surface area contributed by atoms with Gasteiger partial charge in [-0.25, -0.2) is 15.8 Å².